The third kappa shape index (κ3) is 0.626. The van der Waals surface area contributed by atoms with E-state index in [1.807, 2.05) is 0 Å². The molecule has 0 radical (unpaired) electrons. The van der Waals surface area contributed by atoms with Gasteiger partial charge >= 0.3 is 0 Å². The molecular formula is C4H7NO3. The zero-order valence-corrected chi connectivity index (χ0v) is 4.50. The minimum absolute atomic E-state index is 0.0926. The smallest absolute Gasteiger partial charge is 0.248 e. The monoisotopic (exact) mass is 117 g/mol. The molecule has 1 N–H and O–H groups in total. The van der Waals surface area contributed by atoms with Crippen molar-refractivity contribution in [1.82, 2.24) is 0 Å². The predicted octanol–water partition coefficient (Wildman–Crippen LogP) is -0.736. The third-order valence-corrected chi connectivity index (χ3v) is 1.12. The third-order valence-electron chi connectivity index (χ3n) is 1.12. The second-order valence-electron chi connectivity index (χ2n) is 1.71. The maximum atomic E-state index is 10.3. The Morgan fingerprint density at radius 3 is 2.75 bits per heavy atom. The van der Waals surface area contributed by atoms with E-state index < -0.39 is 6.10 Å². The van der Waals surface area contributed by atoms with E-state index in [4.69, 9.17) is 5.11 Å². The second-order valence-corrected chi connectivity index (χ2v) is 1.71. The molecule has 0 spiro atoms. The summed E-state index contributed by atoms with van der Waals surface area (Å²) in [6.07, 6.45) is -0.701. The summed E-state index contributed by atoms with van der Waals surface area (Å²) in [6, 6.07) is 0. The molecule has 8 heavy (non-hydrogen) atoms. The molecule has 0 aromatic carbocycles. The molecule has 4 heteroatoms. The maximum absolute atomic E-state index is 10.3. The standard InChI is InChI=1S/C4H7NO3/c1-3-4(6)2-8-5(3)7/h4,6H,2H2,1H3/t4-/m0/s1. The fourth-order valence-electron chi connectivity index (χ4n) is 0.482. The molecule has 1 aliphatic rings. The van der Waals surface area contributed by atoms with E-state index >= 15 is 0 Å². The van der Waals surface area contributed by atoms with Crippen molar-refractivity contribution in [2.75, 3.05) is 6.61 Å². The molecule has 0 aliphatic carbocycles. The van der Waals surface area contributed by atoms with Gasteiger partial charge in [0.15, 0.2) is 6.10 Å². The Labute approximate surface area is 46.5 Å². The van der Waals surface area contributed by atoms with Gasteiger partial charge in [0, 0.05) is 11.8 Å². The highest BCUT2D eigenvalue weighted by Crippen LogP contribution is 1.98. The summed E-state index contributed by atoms with van der Waals surface area (Å²) in [4.78, 5) is 4.71. The van der Waals surface area contributed by atoms with Gasteiger partial charge in [-0.25, -0.2) is 0 Å². The van der Waals surface area contributed by atoms with Crippen LogP contribution in [0.5, 0.6) is 0 Å². The molecule has 0 amide bonds. The van der Waals surface area contributed by atoms with E-state index in [-0.39, 0.29) is 6.61 Å². The van der Waals surface area contributed by atoms with Crippen molar-refractivity contribution in [3.05, 3.63) is 5.21 Å². The Morgan fingerprint density at radius 2 is 2.62 bits per heavy atom. The van der Waals surface area contributed by atoms with Crippen LogP contribution in [0.4, 0.5) is 0 Å². The van der Waals surface area contributed by atoms with E-state index in [0.717, 1.165) is 0 Å². The first-order chi connectivity index (χ1) is 3.72. The van der Waals surface area contributed by atoms with Crippen LogP contribution in [0.2, 0.25) is 0 Å². The van der Waals surface area contributed by atoms with Gasteiger partial charge in [-0.05, 0) is 0 Å². The fourth-order valence-corrected chi connectivity index (χ4v) is 0.482. The lowest BCUT2D eigenvalue weighted by atomic mass is 10.3. The van der Waals surface area contributed by atoms with Crippen molar-refractivity contribution >= 4 is 5.71 Å². The molecule has 46 valence electrons. The van der Waals surface area contributed by atoms with E-state index in [1.54, 1.807) is 0 Å². The molecule has 0 unspecified atom stereocenters. The van der Waals surface area contributed by atoms with Crippen LogP contribution in [0.1, 0.15) is 6.92 Å². The maximum Gasteiger partial charge on any atom is 0.248 e. The highest BCUT2D eigenvalue weighted by molar-refractivity contribution is 5.82. The zero-order chi connectivity index (χ0) is 6.15. The highest BCUT2D eigenvalue weighted by Gasteiger charge is 2.23. The molecule has 1 aliphatic heterocycles. The van der Waals surface area contributed by atoms with Crippen LogP contribution in [0, 0.1) is 5.21 Å². The quantitative estimate of drug-likeness (QED) is 0.425. The molecule has 0 saturated carbocycles. The van der Waals surface area contributed by atoms with E-state index in [0.29, 0.717) is 10.6 Å². The first kappa shape index (κ1) is 5.37. The summed E-state index contributed by atoms with van der Waals surface area (Å²) in [5, 5.41) is 19.0. The Balaban J connectivity index is 2.71. The van der Waals surface area contributed by atoms with Gasteiger partial charge in [0.2, 0.25) is 5.71 Å². The summed E-state index contributed by atoms with van der Waals surface area (Å²) < 4.78 is 0. The van der Waals surface area contributed by atoms with Gasteiger partial charge in [0.1, 0.15) is 0 Å². The summed E-state index contributed by atoms with van der Waals surface area (Å²) >= 11 is 0. The van der Waals surface area contributed by atoms with Crippen molar-refractivity contribution in [3.8, 4) is 0 Å². The van der Waals surface area contributed by atoms with Crippen LogP contribution in [0.25, 0.3) is 0 Å². The van der Waals surface area contributed by atoms with E-state index in [9.17, 15) is 5.21 Å². The second kappa shape index (κ2) is 1.63. The van der Waals surface area contributed by atoms with Crippen LogP contribution in [0.3, 0.4) is 0 Å². The van der Waals surface area contributed by atoms with Crippen LogP contribution in [-0.2, 0) is 4.84 Å². The lowest BCUT2D eigenvalue weighted by Crippen LogP contribution is -2.17. The molecule has 4 nitrogen and oxygen atoms in total. The van der Waals surface area contributed by atoms with Gasteiger partial charge in [-0.2, -0.15) is 0 Å². The molecule has 1 atom stereocenters. The van der Waals surface area contributed by atoms with Crippen molar-refractivity contribution in [3.63, 3.8) is 0 Å². The van der Waals surface area contributed by atoms with Gasteiger partial charge in [-0.1, -0.05) is 0 Å². The normalized spacial score (nSPS) is 28.5. The van der Waals surface area contributed by atoms with Gasteiger partial charge < -0.3 is 9.94 Å². The number of hydrogen-bond acceptors (Lipinski definition) is 3. The van der Waals surface area contributed by atoms with Crippen molar-refractivity contribution < 1.29 is 14.8 Å². The van der Waals surface area contributed by atoms with E-state index in [2.05, 4.69) is 4.84 Å². The van der Waals surface area contributed by atoms with Crippen molar-refractivity contribution in [1.29, 1.82) is 0 Å². The summed E-state index contributed by atoms with van der Waals surface area (Å²) in [5.74, 6) is 0. The number of hydrogen-bond donors (Lipinski definition) is 1. The predicted molar refractivity (Wildman–Crippen MR) is 26.3 cm³/mol. The lowest BCUT2D eigenvalue weighted by Gasteiger charge is -1.91. The molecule has 0 fully saturated rings. The van der Waals surface area contributed by atoms with Gasteiger partial charge in [0.05, 0.1) is 6.61 Å². The minimum atomic E-state index is -0.701. The largest absolute Gasteiger partial charge is 0.400 e. The summed E-state index contributed by atoms with van der Waals surface area (Å²) in [5.41, 5.74) is 0.324. The number of rotatable bonds is 0. The van der Waals surface area contributed by atoms with Crippen molar-refractivity contribution in [2.24, 2.45) is 0 Å². The number of nitrogens with zero attached hydrogens (tertiary/aromatic N) is 1. The Kier molecular flexibility index (Phi) is 1.09. The van der Waals surface area contributed by atoms with Crippen molar-refractivity contribution in [2.45, 2.75) is 13.0 Å². The minimum Gasteiger partial charge on any atom is -0.400 e. The fraction of sp³-hybridized carbons (Fsp3) is 0.750. The molecule has 0 aromatic heterocycles. The molecule has 1 heterocycles. The molecular weight excluding hydrogens is 110 g/mol. The first-order valence-electron chi connectivity index (χ1n) is 2.33. The SMILES string of the molecule is CC1=[N+]([O-])OC[C@@H]1O. The topological polar surface area (TPSA) is 55.5 Å². The van der Waals surface area contributed by atoms with Gasteiger partial charge in [-0.15, -0.1) is 0 Å². The highest BCUT2D eigenvalue weighted by atomic mass is 16.9. The average molecular weight is 117 g/mol. The molecule has 0 bridgehead atoms. The van der Waals surface area contributed by atoms with Gasteiger partial charge in [0.25, 0.3) is 0 Å². The average Bonchev–Trinajstić information content (AvgIpc) is 1.98. The van der Waals surface area contributed by atoms with Crippen LogP contribution in [-0.4, -0.2) is 28.4 Å². The Hall–Kier alpha value is -0.770. The lowest BCUT2D eigenvalue weighted by molar-refractivity contribution is -0.731. The number of aliphatic hydroxyl groups excluding tert-OH is 1. The number of aliphatic hydroxyl groups is 1. The molecule has 0 aromatic rings. The van der Waals surface area contributed by atoms with Crippen LogP contribution >= 0.6 is 0 Å². The summed E-state index contributed by atoms with van der Waals surface area (Å²) in [7, 11) is 0. The van der Waals surface area contributed by atoms with Crippen LogP contribution < -0.4 is 0 Å². The van der Waals surface area contributed by atoms with Crippen LogP contribution in [0.15, 0.2) is 0 Å². The Morgan fingerprint density at radius 1 is 2.00 bits per heavy atom. The summed E-state index contributed by atoms with van der Waals surface area (Å²) in [6.45, 7) is 1.62. The molecule has 0 saturated heterocycles. The Bertz CT molecular complexity index is 131. The first-order valence-corrected chi connectivity index (χ1v) is 2.33. The zero-order valence-electron chi connectivity index (χ0n) is 4.50. The van der Waals surface area contributed by atoms with E-state index in [1.165, 1.54) is 6.92 Å². The van der Waals surface area contributed by atoms with Gasteiger partial charge in [-0.3, -0.25) is 5.21 Å². The molecule has 1 rings (SSSR count).